The maximum absolute atomic E-state index is 9.45. The van der Waals surface area contributed by atoms with Gasteiger partial charge in [-0.25, -0.2) is 8.42 Å². The molecule has 0 saturated heterocycles. The summed E-state index contributed by atoms with van der Waals surface area (Å²) < 4.78 is 32.0. The fourth-order valence-electron chi connectivity index (χ4n) is 0.485. The van der Waals surface area contributed by atoms with Gasteiger partial charge in [0.25, 0.3) is 0 Å². The molecule has 0 heterocycles. The smallest absolute Gasteiger partial charge is 0.217 e. The van der Waals surface area contributed by atoms with Crippen molar-refractivity contribution in [3.63, 3.8) is 0 Å². The van der Waals surface area contributed by atoms with Crippen LogP contribution in [0.1, 0.15) is 20.8 Å². The molecule has 0 aliphatic rings. The van der Waals surface area contributed by atoms with E-state index in [1.54, 1.807) is 6.92 Å². The molecule has 13 heavy (non-hydrogen) atoms. The predicted molar refractivity (Wildman–Crippen MR) is 45.5 cm³/mol. The summed E-state index contributed by atoms with van der Waals surface area (Å²) in [5, 5.41) is 10.3. The van der Waals surface area contributed by atoms with Crippen molar-refractivity contribution in [3.8, 4) is 0 Å². The molecule has 0 radical (unpaired) electrons. The third kappa shape index (κ3) is 24.5. The minimum atomic E-state index is -4.42. The van der Waals surface area contributed by atoms with Crippen molar-refractivity contribution in [3.05, 3.63) is 0 Å². The number of hydrogen-bond donors (Lipinski definition) is 2. The summed E-state index contributed by atoms with van der Waals surface area (Å²) in [6.07, 6.45) is -0.227. The highest BCUT2D eigenvalue weighted by atomic mass is 32.3. The molecular formula is C6H17NO5S. The zero-order chi connectivity index (χ0) is 10.9. The molecular weight excluding hydrogens is 198 g/mol. The maximum Gasteiger partial charge on any atom is 0.217 e. The van der Waals surface area contributed by atoms with Crippen molar-refractivity contribution in [1.29, 1.82) is 0 Å². The molecule has 1 atom stereocenters. The van der Waals surface area contributed by atoms with Crippen LogP contribution in [0.2, 0.25) is 0 Å². The molecule has 0 bridgehead atoms. The van der Waals surface area contributed by atoms with Crippen LogP contribution in [0.3, 0.4) is 0 Å². The quantitative estimate of drug-likeness (QED) is 0.333. The van der Waals surface area contributed by atoms with Gasteiger partial charge in [0.2, 0.25) is 10.4 Å². The fraction of sp³-hybridized carbons (Fsp3) is 1.00. The second-order valence-corrected chi connectivity index (χ2v) is 3.25. The van der Waals surface area contributed by atoms with Gasteiger partial charge < -0.3 is 15.0 Å². The average Bonchev–Trinajstić information content (AvgIpc) is 1.84. The van der Waals surface area contributed by atoms with E-state index in [1.807, 2.05) is 12.2 Å². The first-order valence-corrected chi connectivity index (χ1v) is 5.28. The second kappa shape index (κ2) is 8.39. The van der Waals surface area contributed by atoms with Crippen molar-refractivity contribution in [2.24, 2.45) is 0 Å². The Hall–Kier alpha value is -0.210. The van der Waals surface area contributed by atoms with Gasteiger partial charge in [0.15, 0.2) is 6.23 Å². The van der Waals surface area contributed by atoms with E-state index in [0.29, 0.717) is 0 Å². The summed E-state index contributed by atoms with van der Waals surface area (Å²) >= 11 is 0. The Bertz CT molecular complexity index is 189. The molecule has 0 aromatic carbocycles. The third-order valence-corrected chi connectivity index (χ3v) is 1.36. The van der Waals surface area contributed by atoms with Gasteiger partial charge >= 0.3 is 0 Å². The molecule has 3 N–H and O–H groups in total. The molecule has 0 aliphatic heterocycles. The van der Waals surface area contributed by atoms with Crippen LogP contribution >= 0.6 is 0 Å². The van der Waals surface area contributed by atoms with Crippen LogP contribution in [-0.4, -0.2) is 37.5 Å². The fourth-order valence-corrected chi connectivity index (χ4v) is 0.774. The minimum absolute atomic E-state index is 0.0914. The zero-order valence-electron chi connectivity index (χ0n) is 8.06. The molecule has 0 amide bonds. The predicted octanol–water partition coefficient (Wildman–Crippen LogP) is -1.61. The Morgan fingerprint density at radius 2 is 2.00 bits per heavy atom. The summed E-state index contributed by atoms with van der Waals surface area (Å²) in [5.41, 5.74) is 0. The van der Waals surface area contributed by atoms with Gasteiger partial charge in [0.1, 0.15) is 0 Å². The molecule has 1 unspecified atom stereocenters. The number of aliphatic hydroxyl groups excluding tert-OH is 1. The molecule has 0 spiro atoms. The highest BCUT2D eigenvalue weighted by Crippen LogP contribution is 1.80. The van der Waals surface area contributed by atoms with Crippen LogP contribution in [0.4, 0.5) is 0 Å². The number of nitrogens with two attached hydrogens (primary N) is 1. The van der Waals surface area contributed by atoms with Crippen molar-refractivity contribution in [1.82, 2.24) is 0 Å². The first-order valence-electron chi connectivity index (χ1n) is 3.95. The second-order valence-electron chi connectivity index (χ2n) is 2.20. The van der Waals surface area contributed by atoms with E-state index in [-0.39, 0.29) is 12.8 Å². The molecule has 0 rings (SSSR count). The average molecular weight is 215 g/mol. The first-order chi connectivity index (χ1) is 5.83. The SMILES string of the molecule is CCOS(=O)(=O)[O-].CC[NH2+]C(C)O. The number of hydrogen-bond acceptors (Lipinski definition) is 5. The Kier molecular flexibility index (Phi) is 9.86. The third-order valence-electron chi connectivity index (χ3n) is 0.839. The Morgan fingerprint density at radius 1 is 1.54 bits per heavy atom. The number of rotatable bonds is 4. The summed E-state index contributed by atoms with van der Waals surface area (Å²) in [5.74, 6) is 0. The maximum atomic E-state index is 9.45. The van der Waals surface area contributed by atoms with Crippen LogP contribution in [0.25, 0.3) is 0 Å². The normalized spacial score (nSPS) is 13.0. The lowest BCUT2D eigenvalue weighted by atomic mass is 10.6. The molecule has 0 fully saturated rings. The standard InChI is InChI=1S/C4H11NO.C2H6O4S/c1-3-5-4(2)6;1-2-6-7(3,4)5/h4-6H,3H2,1-2H3;2H2,1H3,(H,3,4,5). The van der Waals surface area contributed by atoms with E-state index in [1.165, 1.54) is 6.92 Å². The van der Waals surface area contributed by atoms with Gasteiger partial charge in [0.05, 0.1) is 13.2 Å². The Morgan fingerprint density at radius 3 is 2.00 bits per heavy atom. The van der Waals surface area contributed by atoms with Gasteiger partial charge in [-0.2, -0.15) is 0 Å². The van der Waals surface area contributed by atoms with Crippen LogP contribution in [0.5, 0.6) is 0 Å². The van der Waals surface area contributed by atoms with Gasteiger partial charge in [-0.3, -0.25) is 4.18 Å². The van der Waals surface area contributed by atoms with Crippen molar-refractivity contribution in [2.45, 2.75) is 27.0 Å². The van der Waals surface area contributed by atoms with Crippen molar-refractivity contribution >= 4 is 10.4 Å². The van der Waals surface area contributed by atoms with E-state index in [2.05, 4.69) is 4.18 Å². The highest BCUT2D eigenvalue weighted by Gasteiger charge is 1.88. The number of aliphatic hydroxyl groups is 1. The largest absolute Gasteiger partial charge is 0.726 e. The van der Waals surface area contributed by atoms with E-state index in [9.17, 15) is 13.0 Å². The Labute approximate surface area is 78.9 Å². The molecule has 7 heteroatoms. The van der Waals surface area contributed by atoms with E-state index < -0.39 is 10.4 Å². The van der Waals surface area contributed by atoms with Crippen LogP contribution in [0, 0.1) is 0 Å². The van der Waals surface area contributed by atoms with Crippen molar-refractivity contribution in [2.75, 3.05) is 13.2 Å². The molecule has 0 aromatic rings. The summed E-state index contributed by atoms with van der Waals surface area (Å²) in [4.78, 5) is 0. The van der Waals surface area contributed by atoms with E-state index >= 15 is 0 Å². The van der Waals surface area contributed by atoms with Crippen molar-refractivity contribution < 1.29 is 27.6 Å². The molecule has 0 aliphatic carbocycles. The van der Waals surface area contributed by atoms with Crippen LogP contribution in [0.15, 0.2) is 0 Å². The zero-order valence-corrected chi connectivity index (χ0v) is 8.87. The minimum Gasteiger partial charge on any atom is -0.726 e. The Balaban J connectivity index is 0. The molecule has 6 nitrogen and oxygen atoms in total. The lowest BCUT2D eigenvalue weighted by molar-refractivity contribution is -0.717. The summed E-state index contributed by atoms with van der Waals surface area (Å²) in [6, 6.07) is 0. The molecule has 82 valence electrons. The summed E-state index contributed by atoms with van der Waals surface area (Å²) in [6.45, 7) is 6.05. The van der Waals surface area contributed by atoms with Gasteiger partial charge in [-0.15, -0.1) is 0 Å². The van der Waals surface area contributed by atoms with Gasteiger partial charge in [-0.05, 0) is 13.8 Å². The van der Waals surface area contributed by atoms with Crippen LogP contribution < -0.4 is 5.32 Å². The highest BCUT2D eigenvalue weighted by molar-refractivity contribution is 7.80. The van der Waals surface area contributed by atoms with Gasteiger partial charge in [-0.1, -0.05) is 0 Å². The lowest BCUT2D eigenvalue weighted by Crippen LogP contribution is -2.88. The van der Waals surface area contributed by atoms with Gasteiger partial charge in [0, 0.05) is 6.92 Å². The lowest BCUT2D eigenvalue weighted by Gasteiger charge is -2.02. The van der Waals surface area contributed by atoms with E-state index in [0.717, 1.165) is 6.54 Å². The molecule has 0 aromatic heterocycles. The molecule has 0 saturated carbocycles. The first kappa shape index (κ1) is 15.3. The monoisotopic (exact) mass is 215 g/mol. The van der Waals surface area contributed by atoms with Crippen LogP contribution in [-0.2, 0) is 14.6 Å². The topological polar surface area (TPSA) is 103 Å². The summed E-state index contributed by atoms with van der Waals surface area (Å²) in [7, 11) is -4.42. The number of quaternary nitrogens is 1. The van der Waals surface area contributed by atoms with E-state index in [4.69, 9.17) is 5.11 Å².